The lowest BCUT2D eigenvalue weighted by Gasteiger charge is -2.43. The first-order chi connectivity index (χ1) is 13.0. The zero-order valence-corrected chi connectivity index (χ0v) is 15.7. The van der Waals surface area contributed by atoms with E-state index in [4.69, 9.17) is 4.52 Å². The lowest BCUT2D eigenvalue weighted by atomic mass is 9.96. The molecular weight excluding hydrogens is 344 g/mol. The van der Waals surface area contributed by atoms with Crippen LogP contribution in [0.25, 0.3) is 0 Å². The van der Waals surface area contributed by atoms with Gasteiger partial charge in [-0.15, -0.1) is 0 Å². The Labute approximate surface area is 158 Å². The number of piperazine rings is 1. The van der Waals surface area contributed by atoms with Crippen LogP contribution in [0.1, 0.15) is 21.8 Å². The van der Waals surface area contributed by atoms with Crippen LogP contribution in [-0.2, 0) is 4.79 Å². The smallest absolute Gasteiger partial charge is 0.259 e. The van der Waals surface area contributed by atoms with E-state index in [0.717, 1.165) is 26.2 Å². The molecule has 2 aliphatic rings. The molecule has 0 aliphatic carbocycles. The van der Waals surface area contributed by atoms with Crippen LogP contribution >= 0.6 is 0 Å². The van der Waals surface area contributed by atoms with Crippen molar-refractivity contribution in [1.82, 2.24) is 15.0 Å². The van der Waals surface area contributed by atoms with Gasteiger partial charge in [0.1, 0.15) is 11.3 Å². The highest BCUT2D eigenvalue weighted by Gasteiger charge is 2.40. The third-order valence-electron chi connectivity index (χ3n) is 5.48. The Morgan fingerprint density at radius 2 is 1.67 bits per heavy atom. The summed E-state index contributed by atoms with van der Waals surface area (Å²) in [7, 11) is 0. The Bertz CT molecular complexity index is 815. The SMILES string of the molecule is Cc1noc(C)c1C(=O)N1CC(C(=O)N2CCN(c3ccccc3)CC2)C1. The summed E-state index contributed by atoms with van der Waals surface area (Å²) in [6, 6.07) is 10.3. The largest absolute Gasteiger partial charge is 0.368 e. The molecule has 2 aliphatic heterocycles. The number of nitrogens with zero attached hydrogens (tertiary/aromatic N) is 4. The van der Waals surface area contributed by atoms with E-state index in [2.05, 4.69) is 22.2 Å². The van der Waals surface area contributed by atoms with Gasteiger partial charge in [0, 0.05) is 45.0 Å². The standard InChI is InChI=1S/C20H24N4O3/c1-14-18(15(2)27-21-14)20(26)24-12-16(13-24)19(25)23-10-8-22(9-11-23)17-6-4-3-5-7-17/h3-7,16H,8-13H2,1-2H3. The number of aryl methyl sites for hydroxylation is 2. The summed E-state index contributed by atoms with van der Waals surface area (Å²) in [4.78, 5) is 31.3. The van der Waals surface area contributed by atoms with Gasteiger partial charge in [-0.2, -0.15) is 0 Å². The number of amides is 2. The van der Waals surface area contributed by atoms with Crippen LogP contribution in [0.15, 0.2) is 34.9 Å². The molecule has 2 saturated heterocycles. The first-order valence-corrected chi connectivity index (χ1v) is 9.35. The number of hydrogen-bond donors (Lipinski definition) is 0. The van der Waals surface area contributed by atoms with Gasteiger partial charge in [-0.05, 0) is 26.0 Å². The van der Waals surface area contributed by atoms with Gasteiger partial charge in [0.2, 0.25) is 5.91 Å². The molecule has 7 nitrogen and oxygen atoms in total. The molecule has 27 heavy (non-hydrogen) atoms. The molecule has 142 valence electrons. The maximum Gasteiger partial charge on any atom is 0.259 e. The molecular formula is C20H24N4O3. The Kier molecular flexibility index (Phi) is 4.59. The van der Waals surface area contributed by atoms with Crippen molar-refractivity contribution in [3.8, 4) is 0 Å². The summed E-state index contributed by atoms with van der Waals surface area (Å²) < 4.78 is 5.07. The molecule has 0 spiro atoms. The summed E-state index contributed by atoms with van der Waals surface area (Å²) >= 11 is 0. The molecule has 3 heterocycles. The molecule has 1 aromatic heterocycles. The van der Waals surface area contributed by atoms with Crippen molar-refractivity contribution in [2.45, 2.75) is 13.8 Å². The van der Waals surface area contributed by atoms with Crippen molar-refractivity contribution in [1.29, 1.82) is 0 Å². The maximum absolute atomic E-state index is 12.8. The van der Waals surface area contributed by atoms with Gasteiger partial charge in [0.25, 0.3) is 5.91 Å². The van der Waals surface area contributed by atoms with E-state index in [1.165, 1.54) is 5.69 Å². The van der Waals surface area contributed by atoms with E-state index in [1.54, 1.807) is 18.7 Å². The predicted octanol–water partition coefficient (Wildman–Crippen LogP) is 1.71. The monoisotopic (exact) mass is 368 g/mol. The molecule has 7 heteroatoms. The Morgan fingerprint density at radius 3 is 2.26 bits per heavy atom. The van der Waals surface area contributed by atoms with Crippen molar-refractivity contribution in [2.24, 2.45) is 5.92 Å². The summed E-state index contributed by atoms with van der Waals surface area (Å²) in [5.74, 6) is 0.497. The van der Waals surface area contributed by atoms with Gasteiger partial charge in [0.15, 0.2) is 0 Å². The number of para-hydroxylation sites is 1. The van der Waals surface area contributed by atoms with E-state index in [1.807, 2.05) is 23.1 Å². The van der Waals surface area contributed by atoms with E-state index in [-0.39, 0.29) is 17.7 Å². The van der Waals surface area contributed by atoms with Gasteiger partial charge in [0.05, 0.1) is 11.6 Å². The number of anilines is 1. The van der Waals surface area contributed by atoms with Gasteiger partial charge < -0.3 is 19.2 Å². The Morgan fingerprint density at radius 1 is 1.00 bits per heavy atom. The number of carbonyl (C=O) groups is 2. The highest BCUT2D eigenvalue weighted by Crippen LogP contribution is 2.24. The molecule has 0 radical (unpaired) electrons. The number of carbonyl (C=O) groups excluding carboxylic acids is 2. The number of aromatic nitrogens is 1. The fourth-order valence-corrected chi connectivity index (χ4v) is 3.83. The molecule has 1 aromatic carbocycles. The second kappa shape index (κ2) is 7.06. The van der Waals surface area contributed by atoms with Crippen LogP contribution in [0, 0.1) is 19.8 Å². The van der Waals surface area contributed by atoms with Gasteiger partial charge in [-0.1, -0.05) is 23.4 Å². The summed E-state index contributed by atoms with van der Waals surface area (Å²) in [6.45, 7) is 7.57. The zero-order chi connectivity index (χ0) is 19.0. The summed E-state index contributed by atoms with van der Waals surface area (Å²) in [5, 5.41) is 3.84. The minimum atomic E-state index is -0.0994. The van der Waals surface area contributed by atoms with Crippen molar-refractivity contribution in [3.63, 3.8) is 0 Å². The van der Waals surface area contributed by atoms with E-state index in [9.17, 15) is 9.59 Å². The van der Waals surface area contributed by atoms with Gasteiger partial charge in [-0.3, -0.25) is 9.59 Å². The maximum atomic E-state index is 12.8. The topological polar surface area (TPSA) is 69.9 Å². The van der Waals surface area contributed by atoms with Crippen LogP contribution in [0.5, 0.6) is 0 Å². The molecule has 0 saturated carbocycles. The first-order valence-electron chi connectivity index (χ1n) is 9.35. The zero-order valence-electron chi connectivity index (χ0n) is 15.7. The minimum Gasteiger partial charge on any atom is -0.368 e. The van der Waals surface area contributed by atoms with Gasteiger partial charge >= 0.3 is 0 Å². The van der Waals surface area contributed by atoms with Crippen LogP contribution in [0.2, 0.25) is 0 Å². The number of likely N-dealkylation sites (tertiary alicyclic amines) is 1. The summed E-state index contributed by atoms with van der Waals surface area (Å²) in [6.07, 6.45) is 0. The van der Waals surface area contributed by atoms with Gasteiger partial charge in [-0.25, -0.2) is 0 Å². The fourth-order valence-electron chi connectivity index (χ4n) is 3.83. The molecule has 0 unspecified atom stereocenters. The Hall–Kier alpha value is -2.83. The quantitative estimate of drug-likeness (QED) is 0.825. The molecule has 2 fully saturated rings. The van der Waals surface area contributed by atoms with Crippen LogP contribution < -0.4 is 4.90 Å². The molecule has 4 rings (SSSR count). The molecule has 2 amide bonds. The molecule has 0 atom stereocenters. The number of rotatable bonds is 3. The lowest BCUT2D eigenvalue weighted by molar-refractivity contribution is -0.140. The minimum absolute atomic E-state index is 0.0933. The average molecular weight is 368 g/mol. The highest BCUT2D eigenvalue weighted by atomic mass is 16.5. The average Bonchev–Trinajstić information content (AvgIpc) is 2.99. The molecule has 0 bridgehead atoms. The highest BCUT2D eigenvalue weighted by molar-refractivity contribution is 5.97. The third kappa shape index (κ3) is 3.29. The first kappa shape index (κ1) is 17.6. The predicted molar refractivity (Wildman–Crippen MR) is 101 cm³/mol. The van der Waals surface area contributed by atoms with Crippen LogP contribution in [0.4, 0.5) is 5.69 Å². The second-order valence-electron chi connectivity index (χ2n) is 7.25. The van der Waals surface area contributed by atoms with Crippen molar-refractivity contribution >= 4 is 17.5 Å². The second-order valence-corrected chi connectivity index (χ2v) is 7.25. The Balaban J connectivity index is 1.29. The number of hydrogen-bond acceptors (Lipinski definition) is 5. The van der Waals surface area contributed by atoms with Crippen molar-refractivity contribution in [2.75, 3.05) is 44.2 Å². The lowest BCUT2D eigenvalue weighted by Crippen LogP contribution is -2.59. The van der Waals surface area contributed by atoms with Crippen LogP contribution in [0.3, 0.4) is 0 Å². The van der Waals surface area contributed by atoms with E-state index < -0.39 is 0 Å². The number of benzene rings is 1. The molecule has 2 aromatic rings. The summed E-state index contributed by atoms with van der Waals surface area (Å²) in [5.41, 5.74) is 2.33. The van der Waals surface area contributed by atoms with Crippen molar-refractivity contribution in [3.05, 3.63) is 47.3 Å². The molecule has 0 N–H and O–H groups in total. The normalized spacial score (nSPS) is 17.8. The van der Waals surface area contributed by atoms with Crippen molar-refractivity contribution < 1.29 is 14.1 Å². The third-order valence-corrected chi connectivity index (χ3v) is 5.48. The van der Waals surface area contributed by atoms with Crippen LogP contribution in [-0.4, -0.2) is 66.0 Å². The van der Waals surface area contributed by atoms with E-state index >= 15 is 0 Å². The fraction of sp³-hybridized carbons (Fsp3) is 0.450. The van der Waals surface area contributed by atoms with E-state index in [0.29, 0.717) is 30.1 Å².